The molecule has 6 nitrogen and oxygen atoms in total. The van der Waals surface area contributed by atoms with Crippen LogP contribution in [-0.4, -0.2) is 25.2 Å². The zero-order valence-corrected chi connectivity index (χ0v) is 12.7. The van der Waals surface area contributed by atoms with Gasteiger partial charge in [-0.3, -0.25) is 4.79 Å². The summed E-state index contributed by atoms with van der Waals surface area (Å²) in [5, 5.41) is 15.0. The third-order valence-electron chi connectivity index (χ3n) is 3.24. The maximum Gasteiger partial charge on any atom is 0.263 e. The van der Waals surface area contributed by atoms with Crippen LogP contribution in [0.3, 0.4) is 0 Å². The third-order valence-corrected chi connectivity index (χ3v) is 3.56. The number of nitrogens with zero attached hydrogens (tertiary/aromatic N) is 1. The van der Waals surface area contributed by atoms with Crippen LogP contribution in [0.5, 0.6) is 0 Å². The molecular weight excluding hydrogens is 304 g/mol. The minimum atomic E-state index is -0.447. The zero-order chi connectivity index (χ0) is 15.9. The van der Waals surface area contributed by atoms with Crippen molar-refractivity contribution in [2.75, 3.05) is 24.2 Å². The highest BCUT2D eigenvalue weighted by Gasteiger charge is 2.17. The molecule has 1 atom stereocenters. The number of carbonyl (C=O) groups excluding carboxylic acids is 1. The van der Waals surface area contributed by atoms with E-state index in [-0.39, 0.29) is 11.7 Å². The van der Waals surface area contributed by atoms with Gasteiger partial charge in [0.25, 0.3) is 5.91 Å². The Labute approximate surface area is 133 Å². The molecule has 0 saturated carbocycles. The van der Waals surface area contributed by atoms with Gasteiger partial charge in [0.2, 0.25) is 0 Å². The van der Waals surface area contributed by atoms with Gasteiger partial charge in [0.05, 0.1) is 16.8 Å². The Morgan fingerprint density at radius 1 is 1.59 bits per heavy atom. The Hall–Kier alpha value is -2.23. The van der Waals surface area contributed by atoms with E-state index in [0.717, 1.165) is 19.4 Å². The summed E-state index contributed by atoms with van der Waals surface area (Å²) in [4.78, 5) is 11.9. The summed E-state index contributed by atoms with van der Waals surface area (Å²) in [5.41, 5.74) is 6.67. The number of nitrogens with two attached hydrogens (primary N) is 1. The van der Waals surface area contributed by atoms with Crippen molar-refractivity contribution in [1.29, 1.82) is 5.26 Å². The molecule has 1 saturated heterocycles. The maximum atomic E-state index is 11.9. The summed E-state index contributed by atoms with van der Waals surface area (Å²) in [7, 11) is 0. The van der Waals surface area contributed by atoms with Gasteiger partial charge >= 0.3 is 0 Å². The number of anilines is 2. The number of hydrogen-bond acceptors (Lipinski definition) is 5. The molecule has 0 radical (unpaired) electrons. The molecule has 1 aromatic rings. The fourth-order valence-corrected chi connectivity index (χ4v) is 2.30. The van der Waals surface area contributed by atoms with E-state index in [1.165, 1.54) is 6.20 Å². The van der Waals surface area contributed by atoms with Crippen molar-refractivity contribution in [3.63, 3.8) is 0 Å². The van der Waals surface area contributed by atoms with E-state index in [0.29, 0.717) is 22.9 Å². The Balaban J connectivity index is 1.94. The van der Waals surface area contributed by atoms with E-state index in [1.54, 1.807) is 18.2 Å². The standard InChI is InChI=1S/C15H17ClN4O2/c16-13-6-11(18)3-4-14(13)19-8-10(7-17)15(21)20-9-12-2-1-5-22-12/h3-4,6,8,12,19H,1-2,5,9,18H2,(H,20,21)/b10-8-. The Bertz CT molecular complexity index is 618. The molecular formula is C15H17ClN4O2. The Morgan fingerprint density at radius 3 is 3.05 bits per heavy atom. The molecule has 1 amide bonds. The van der Waals surface area contributed by atoms with Crippen molar-refractivity contribution in [1.82, 2.24) is 5.32 Å². The molecule has 1 aliphatic rings. The number of ether oxygens (including phenoxy) is 1. The summed E-state index contributed by atoms with van der Waals surface area (Å²) in [6.07, 6.45) is 3.27. The second kappa shape index (κ2) is 7.69. The first-order chi connectivity index (χ1) is 10.6. The lowest BCUT2D eigenvalue weighted by Gasteiger charge is -2.10. The molecule has 4 N–H and O–H groups in total. The summed E-state index contributed by atoms with van der Waals surface area (Å²) in [5.74, 6) is -0.447. The Morgan fingerprint density at radius 2 is 2.41 bits per heavy atom. The number of nitrogen functional groups attached to an aromatic ring is 1. The van der Waals surface area contributed by atoms with E-state index in [9.17, 15) is 4.79 Å². The first-order valence-electron chi connectivity index (χ1n) is 6.92. The number of carbonyl (C=O) groups is 1. The maximum absolute atomic E-state index is 11.9. The van der Waals surface area contributed by atoms with E-state index in [4.69, 9.17) is 27.3 Å². The lowest BCUT2D eigenvalue weighted by Crippen LogP contribution is -2.32. The summed E-state index contributed by atoms with van der Waals surface area (Å²) in [6.45, 7) is 1.12. The molecule has 0 aliphatic carbocycles. The van der Waals surface area contributed by atoms with Gasteiger partial charge in [-0.2, -0.15) is 5.26 Å². The minimum Gasteiger partial charge on any atom is -0.399 e. The highest BCUT2D eigenvalue weighted by atomic mass is 35.5. The van der Waals surface area contributed by atoms with Crippen molar-refractivity contribution >= 4 is 28.9 Å². The number of rotatable bonds is 5. The number of nitrogens with one attached hydrogen (secondary N) is 2. The first kappa shape index (κ1) is 16.1. The van der Waals surface area contributed by atoms with Crippen LogP contribution >= 0.6 is 11.6 Å². The van der Waals surface area contributed by atoms with E-state index in [2.05, 4.69) is 10.6 Å². The van der Waals surface area contributed by atoms with Gasteiger partial charge in [0.15, 0.2) is 0 Å². The van der Waals surface area contributed by atoms with Crippen molar-refractivity contribution < 1.29 is 9.53 Å². The van der Waals surface area contributed by atoms with Crippen molar-refractivity contribution in [2.24, 2.45) is 0 Å². The van der Waals surface area contributed by atoms with Crippen LogP contribution in [0.2, 0.25) is 5.02 Å². The second-order valence-electron chi connectivity index (χ2n) is 4.90. The molecule has 1 unspecified atom stereocenters. The fourth-order valence-electron chi connectivity index (χ4n) is 2.05. The normalized spacial score (nSPS) is 17.8. The quantitative estimate of drug-likeness (QED) is 0.438. The third kappa shape index (κ3) is 4.38. The zero-order valence-electron chi connectivity index (χ0n) is 11.9. The van der Waals surface area contributed by atoms with E-state index < -0.39 is 5.91 Å². The fraction of sp³-hybridized carbons (Fsp3) is 0.333. The van der Waals surface area contributed by atoms with Gasteiger partial charge in [-0.05, 0) is 31.0 Å². The Kier molecular flexibility index (Phi) is 5.64. The van der Waals surface area contributed by atoms with Crippen LogP contribution in [0.1, 0.15) is 12.8 Å². The molecule has 7 heteroatoms. The average molecular weight is 321 g/mol. The smallest absolute Gasteiger partial charge is 0.263 e. The van der Waals surface area contributed by atoms with Crippen LogP contribution < -0.4 is 16.4 Å². The highest BCUT2D eigenvalue weighted by Crippen LogP contribution is 2.24. The molecule has 1 fully saturated rings. The number of nitriles is 1. The van der Waals surface area contributed by atoms with Crippen LogP contribution in [0, 0.1) is 11.3 Å². The molecule has 0 bridgehead atoms. The molecule has 1 aromatic carbocycles. The van der Waals surface area contributed by atoms with Crippen molar-refractivity contribution in [3.05, 3.63) is 35.0 Å². The monoisotopic (exact) mass is 320 g/mol. The van der Waals surface area contributed by atoms with Gasteiger partial charge < -0.3 is 21.1 Å². The van der Waals surface area contributed by atoms with Crippen LogP contribution in [0.25, 0.3) is 0 Å². The topological polar surface area (TPSA) is 100 Å². The highest BCUT2D eigenvalue weighted by molar-refractivity contribution is 6.33. The predicted octanol–water partition coefficient (Wildman–Crippen LogP) is 2.04. The van der Waals surface area contributed by atoms with Gasteiger partial charge in [-0.25, -0.2) is 0 Å². The number of halogens is 1. The van der Waals surface area contributed by atoms with Crippen LogP contribution in [0.4, 0.5) is 11.4 Å². The summed E-state index contributed by atoms with van der Waals surface area (Å²) in [6, 6.07) is 6.79. The number of amides is 1. The molecule has 116 valence electrons. The average Bonchev–Trinajstić information content (AvgIpc) is 3.01. The van der Waals surface area contributed by atoms with Crippen molar-refractivity contribution in [2.45, 2.75) is 18.9 Å². The van der Waals surface area contributed by atoms with Gasteiger partial charge in [-0.1, -0.05) is 11.6 Å². The molecule has 0 spiro atoms. The minimum absolute atomic E-state index is 0.0309. The van der Waals surface area contributed by atoms with Crippen molar-refractivity contribution in [3.8, 4) is 6.07 Å². The van der Waals surface area contributed by atoms with Gasteiger partial charge in [-0.15, -0.1) is 0 Å². The second-order valence-corrected chi connectivity index (χ2v) is 5.31. The molecule has 1 heterocycles. The van der Waals surface area contributed by atoms with Gasteiger partial charge in [0, 0.05) is 25.0 Å². The lowest BCUT2D eigenvalue weighted by atomic mass is 10.2. The number of benzene rings is 1. The predicted molar refractivity (Wildman–Crippen MR) is 85.2 cm³/mol. The molecule has 0 aromatic heterocycles. The molecule has 22 heavy (non-hydrogen) atoms. The first-order valence-corrected chi connectivity index (χ1v) is 7.29. The summed E-state index contributed by atoms with van der Waals surface area (Å²) >= 11 is 6.01. The van der Waals surface area contributed by atoms with Crippen LogP contribution in [-0.2, 0) is 9.53 Å². The van der Waals surface area contributed by atoms with E-state index >= 15 is 0 Å². The SMILES string of the molecule is N#C/C(=C/Nc1ccc(N)cc1Cl)C(=O)NCC1CCCO1. The molecule has 1 aliphatic heterocycles. The summed E-state index contributed by atoms with van der Waals surface area (Å²) < 4.78 is 5.41. The van der Waals surface area contributed by atoms with Crippen LogP contribution in [0.15, 0.2) is 30.0 Å². The lowest BCUT2D eigenvalue weighted by molar-refractivity contribution is -0.117. The van der Waals surface area contributed by atoms with Gasteiger partial charge in [0.1, 0.15) is 11.6 Å². The largest absolute Gasteiger partial charge is 0.399 e. The molecule has 2 rings (SSSR count). The number of hydrogen-bond donors (Lipinski definition) is 3. The van der Waals surface area contributed by atoms with E-state index in [1.807, 2.05) is 6.07 Å².